The van der Waals surface area contributed by atoms with Crippen LogP contribution in [0.4, 0.5) is 4.79 Å². The molecule has 8 atom stereocenters. The van der Waals surface area contributed by atoms with Gasteiger partial charge in [0.2, 0.25) is 0 Å². The number of hydrogen-bond acceptors (Lipinski definition) is 3. The minimum atomic E-state index is -0.556. The zero-order valence-electron chi connectivity index (χ0n) is 25.6. The fourth-order valence-electron chi connectivity index (χ4n) is 9.84. The summed E-state index contributed by atoms with van der Waals surface area (Å²) in [5.74, 6) is 5.67. The molecule has 3 fully saturated rings. The largest absolute Gasteiger partial charge is 0.514 e. The van der Waals surface area contributed by atoms with Crippen molar-refractivity contribution in [3.05, 3.63) is 41.5 Å². The topological polar surface area (TPSA) is 35.5 Å². The maximum Gasteiger partial charge on any atom is 0.514 e. The molecular weight excluding hydrogens is 480 g/mol. The summed E-state index contributed by atoms with van der Waals surface area (Å²) in [5.41, 5.74) is 3.51. The Morgan fingerprint density at radius 2 is 1.85 bits per heavy atom. The molecule has 0 spiro atoms. The van der Waals surface area contributed by atoms with Crippen molar-refractivity contribution in [2.24, 2.45) is 46.3 Å². The maximum absolute atomic E-state index is 12.6. The molecule has 3 nitrogen and oxygen atoms in total. The van der Waals surface area contributed by atoms with Crippen LogP contribution in [0.1, 0.15) is 118 Å². The van der Waals surface area contributed by atoms with Gasteiger partial charge in [-0.3, -0.25) is 0 Å². The predicted octanol–water partition coefficient (Wildman–Crippen LogP) is 10.2. The maximum atomic E-state index is 12.6. The third-order valence-electron chi connectivity index (χ3n) is 12.0. The molecule has 39 heavy (non-hydrogen) atoms. The normalized spacial score (nSPS) is 36.4. The van der Waals surface area contributed by atoms with Crippen LogP contribution in [-0.2, 0) is 11.2 Å². The minimum Gasteiger partial charge on any atom is -0.430 e. The highest BCUT2D eigenvalue weighted by atomic mass is 16.7. The molecule has 0 N–H and O–H groups in total. The van der Waals surface area contributed by atoms with Crippen molar-refractivity contribution >= 4 is 6.16 Å². The molecule has 3 heteroatoms. The zero-order chi connectivity index (χ0) is 27.8. The second kappa shape index (κ2) is 11.6. The number of allylic oxidation sites excluding steroid dienone is 1. The van der Waals surface area contributed by atoms with Gasteiger partial charge in [-0.05, 0) is 115 Å². The molecule has 0 unspecified atom stereocenters. The summed E-state index contributed by atoms with van der Waals surface area (Å²) < 4.78 is 11.4. The van der Waals surface area contributed by atoms with Gasteiger partial charge in [-0.2, -0.15) is 0 Å². The average molecular weight is 535 g/mol. The van der Waals surface area contributed by atoms with E-state index in [1.807, 2.05) is 18.2 Å². The quantitative estimate of drug-likeness (QED) is 0.189. The molecule has 0 aliphatic heterocycles. The second-order valence-electron chi connectivity index (χ2n) is 14.6. The molecule has 3 saturated carbocycles. The fourth-order valence-corrected chi connectivity index (χ4v) is 9.84. The first-order valence-electron chi connectivity index (χ1n) is 16.3. The van der Waals surface area contributed by atoms with Crippen LogP contribution in [0, 0.1) is 46.3 Å². The van der Waals surface area contributed by atoms with E-state index in [2.05, 4.69) is 53.7 Å². The van der Waals surface area contributed by atoms with E-state index >= 15 is 0 Å². The van der Waals surface area contributed by atoms with Crippen LogP contribution >= 0.6 is 0 Å². The molecule has 0 amide bonds. The summed E-state index contributed by atoms with van der Waals surface area (Å²) in [4.78, 5) is 12.6. The zero-order valence-corrected chi connectivity index (χ0v) is 25.6. The molecule has 0 bridgehead atoms. The summed E-state index contributed by atoms with van der Waals surface area (Å²) in [7, 11) is 0. The molecule has 216 valence electrons. The molecule has 0 heterocycles. The molecule has 4 aliphatic carbocycles. The van der Waals surface area contributed by atoms with E-state index < -0.39 is 6.16 Å². The Kier molecular flexibility index (Phi) is 8.56. The molecule has 4 aliphatic rings. The first kappa shape index (κ1) is 28.7. The molecular formula is C36H54O3. The Morgan fingerprint density at radius 3 is 2.62 bits per heavy atom. The molecule has 0 radical (unpaired) electrons. The van der Waals surface area contributed by atoms with Gasteiger partial charge in [0.15, 0.2) is 0 Å². The van der Waals surface area contributed by atoms with Crippen molar-refractivity contribution in [3.8, 4) is 5.75 Å². The van der Waals surface area contributed by atoms with E-state index in [9.17, 15) is 4.79 Å². The van der Waals surface area contributed by atoms with Crippen LogP contribution in [0.25, 0.3) is 0 Å². The molecule has 0 aromatic heterocycles. The van der Waals surface area contributed by atoms with Gasteiger partial charge >= 0.3 is 6.16 Å². The SMILES string of the molecule is CCc1cccc(OC(=O)O[C@H]2CC[C@@]3(C)C(=CC[C@@H]4[C@H]5CC[C@@H]([C@@H](C)CCCC(C)C)[C@]5(C)CC[C@H]43)C2)c1. The lowest BCUT2D eigenvalue weighted by Crippen LogP contribution is -2.51. The number of aryl methyl sites for hydroxylation is 1. The van der Waals surface area contributed by atoms with Gasteiger partial charge in [-0.1, -0.05) is 84.6 Å². The first-order chi connectivity index (χ1) is 18.6. The Balaban J connectivity index is 1.21. The predicted molar refractivity (Wildman–Crippen MR) is 160 cm³/mol. The highest BCUT2D eigenvalue weighted by Gasteiger charge is 2.59. The second-order valence-corrected chi connectivity index (χ2v) is 14.6. The van der Waals surface area contributed by atoms with Gasteiger partial charge in [0.1, 0.15) is 11.9 Å². The van der Waals surface area contributed by atoms with E-state index in [-0.39, 0.29) is 11.5 Å². The molecule has 1 aromatic rings. The first-order valence-corrected chi connectivity index (χ1v) is 16.3. The van der Waals surface area contributed by atoms with Gasteiger partial charge in [0.05, 0.1) is 0 Å². The lowest BCUT2D eigenvalue weighted by Gasteiger charge is -2.58. The van der Waals surface area contributed by atoms with Crippen LogP contribution in [0.2, 0.25) is 0 Å². The summed E-state index contributed by atoms with van der Waals surface area (Å²) in [6.07, 6.45) is 16.9. The smallest absolute Gasteiger partial charge is 0.430 e. The third kappa shape index (κ3) is 5.71. The Hall–Kier alpha value is -1.77. The number of ether oxygens (including phenoxy) is 2. The van der Waals surface area contributed by atoms with Crippen LogP contribution < -0.4 is 4.74 Å². The van der Waals surface area contributed by atoms with Crippen molar-refractivity contribution in [3.63, 3.8) is 0 Å². The molecule has 5 rings (SSSR count). The van der Waals surface area contributed by atoms with Crippen molar-refractivity contribution in [2.45, 2.75) is 125 Å². The van der Waals surface area contributed by atoms with Crippen molar-refractivity contribution < 1.29 is 14.3 Å². The van der Waals surface area contributed by atoms with Gasteiger partial charge in [-0.15, -0.1) is 0 Å². The van der Waals surface area contributed by atoms with Gasteiger partial charge in [0.25, 0.3) is 0 Å². The van der Waals surface area contributed by atoms with Crippen LogP contribution in [-0.4, -0.2) is 12.3 Å². The van der Waals surface area contributed by atoms with Gasteiger partial charge in [0, 0.05) is 6.42 Å². The van der Waals surface area contributed by atoms with Crippen molar-refractivity contribution in [1.82, 2.24) is 0 Å². The lowest BCUT2D eigenvalue weighted by molar-refractivity contribution is -0.0597. The average Bonchev–Trinajstić information content (AvgIpc) is 3.26. The highest BCUT2D eigenvalue weighted by Crippen LogP contribution is 2.67. The number of carbonyl (C=O) groups is 1. The van der Waals surface area contributed by atoms with E-state index in [0.29, 0.717) is 11.2 Å². The molecule has 1 aromatic carbocycles. The summed E-state index contributed by atoms with van der Waals surface area (Å²) in [6.45, 7) is 14.6. The monoisotopic (exact) mass is 534 g/mol. The van der Waals surface area contributed by atoms with E-state index in [0.717, 1.165) is 66.8 Å². The van der Waals surface area contributed by atoms with Crippen molar-refractivity contribution in [1.29, 1.82) is 0 Å². The van der Waals surface area contributed by atoms with Crippen molar-refractivity contribution in [2.75, 3.05) is 0 Å². The third-order valence-corrected chi connectivity index (χ3v) is 12.0. The van der Waals surface area contributed by atoms with Crippen LogP contribution in [0.3, 0.4) is 0 Å². The Labute approximate surface area is 238 Å². The van der Waals surface area contributed by atoms with Crippen LogP contribution in [0.5, 0.6) is 5.75 Å². The summed E-state index contributed by atoms with van der Waals surface area (Å²) in [5, 5.41) is 0. The van der Waals surface area contributed by atoms with Gasteiger partial charge in [-0.25, -0.2) is 4.79 Å². The fraction of sp³-hybridized carbons (Fsp3) is 0.750. The van der Waals surface area contributed by atoms with E-state index in [1.54, 1.807) is 5.57 Å². The highest BCUT2D eigenvalue weighted by molar-refractivity contribution is 5.64. The van der Waals surface area contributed by atoms with Crippen LogP contribution in [0.15, 0.2) is 35.9 Å². The lowest BCUT2D eigenvalue weighted by atomic mass is 9.47. The minimum absolute atomic E-state index is 0.0702. The van der Waals surface area contributed by atoms with E-state index in [1.165, 1.54) is 51.4 Å². The number of benzene rings is 1. The van der Waals surface area contributed by atoms with Gasteiger partial charge < -0.3 is 9.47 Å². The molecule has 0 saturated heterocycles. The number of fused-ring (bicyclic) bond motifs is 5. The summed E-state index contributed by atoms with van der Waals surface area (Å²) in [6, 6.07) is 7.75. The number of hydrogen-bond donors (Lipinski definition) is 0. The van der Waals surface area contributed by atoms with E-state index in [4.69, 9.17) is 9.47 Å². The Morgan fingerprint density at radius 1 is 1.03 bits per heavy atom. The Bertz CT molecular complexity index is 1040. The number of carbonyl (C=O) groups excluding carboxylic acids is 1. The standard InChI is InChI=1S/C36H54O3/c1-7-26-12-9-13-28(22-26)38-34(37)39-29-18-20-35(5)27(23-29)14-15-30-32-17-16-31(25(4)11-8-10-24(2)3)36(32,6)21-19-33(30)35/h9,12-14,22,24-25,29-33H,7-8,10-11,15-21,23H2,1-6H3/t25-,29-,30+,31-,32+,33+,35-,36-/m0/s1. The number of rotatable bonds is 8. The summed E-state index contributed by atoms with van der Waals surface area (Å²) >= 11 is 0.